The molecule has 0 radical (unpaired) electrons. The number of aliphatic hydroxyl groups is 1. The minimum Gasteiger partial charge on any atom is -0.392 e. The maximum Gasteiger partial charge on any atom is 0.240 e. The molecular weight excluding hydrogens is 313 g/mol. The normalized spacial score (nSPS) is 11.8. The lowest BCUT2D eigenvalue weighted by Crippen LogP contribution is -2.23. The van der Waals surface area contributed by atoms with E-state index in [2.05, 4.69) is 4.72 Å². The summed E-state index contributed by atoms with van der Waals surface area (Å²) in [5.74, 6) is -0.622. The molecule has 0 saturated heterocycles. The molecule has 114 valence electrons. The Bertz CT molecular complexity index is 726. The molecule has 1 heterocycles. The second-order valence-electron chi connectivity index (χ2n) is 4.46. The zero-order valence-corrected chi connectivity index (χ0v) is 13.1. The maximum absolute atomic E-state index is 13.3. The number of aryl methyl sites for hydroxylation is 1. The number of benzene rings is 1. The highest BCUT2D eigenvalue weighted by Crippen LogP contribution is 2.19. The highest BCUT2D eigenvalue weighted by Gasteiger charge is 2.16. The molecule has 1 aromatic carbocycles. The van der Waals surface area contributed by atoms with Gasteiger partial charge >= 0.3 is 0 Å². The molecule has 0 bridgehead atoms. The van der Waals surface area contributed by atoms with Crippen molar-refractivity contribution in [2.75, 3.05) is 0 Å². The van der Waals surface area contributed by atoms with Gasteiger partial charge < -0.3 is 5.11 Å². The van der Waals surface area contributed by atoms with Crippen molar-refractivity contribution in [1.29, 1.82) is 0 Å². The minimum atomic E-state index is -3.73. The van der Waals surface area contributed by atoms with Crippen molar-refractivity contribution in [2.45, 2.75) is 31.4 Å². The number of rotatable bonds is 6. The van der Waals surface area contributed by atoms with Crippen LogP contribution in [0.2, 0.25) is 0 Å². The number of sulfonamides is 1. The number of aliphatic hydroxyl groups excluding tert-OH is 1. The second-order valence-corrected chi connectivity index (χ2v) is 7.23. The van der Waals surface area contributed by atoms with Gasteiger partial charge in [0.15, 0.2) is 0 Å². The number of hydrogen-bond donors (Lipinski definition) is 2. The van der Waals surface area contributed by atoms with Crippen LogP contribution in [0.3, 0.4) is 0 Å². The van der Waals surface area contributed by atoms with Crippen LogP contribution < -0.4 is 4.72 Å². The third-order valence-electron chi connectivity index (χ3n) is 3.14. The predicted octanol–water partition coefficient (Wildman–Crippen LogP) is 2.42. The Balaban J connectivity index is 2.19. The van der Waals surface area contributed by atoms with Gasteiger partial charge in [0.25, 0.3) is 0 Å². The molecule has 1 aromatic heterocycles. The minimum absolute atomic E-state index is 0.0387. The number of nitrogens with one attached hydrogen (secondary N) is 1. The van der Waals surface area contributed by atoms with Crippen LogP contribution in [0.25, 0.3) is 0 Å². The molecular formula is C14H16FNO3S2. The van der Waals surface area contributed by atoms with Crippen molar-refractivity contribution in [3.05, 3.63) is 51.5 Å². The quantitative estimate of drug-likeness (QED) is 0.855. The summed E-state index contributed by atoms with van der Waals surface area (Å²) in [6, 6.07) is 5.34. The average Bonchev–Trinajstić information content (AvgIpc) is 2.93. The summed E-state index contributed by atoms with van der Waals surface area (Å²) in [6.45, 7) is 1.67. The van der Waals surface area contributed by atoms with Gasteiger partial charge in [-0.25, -0.2) is 17.5 Å². The molecule has 2 aromatic rings. The zero-order chi connectivity index (χ0) is 15.5. The highest BCUT2D eigenvalue weighted by atomic mass is 32.2. The summed E-state index contributed by atoms with van der Waals surface area (Å²) in [7, 11) is -3.73. The van der Waals surface area contributed by atoms with Gasteiger partial charge in [-0.05, 0) is 41.6 Å². The van der Waals surface area contributed by atoms with Crippen LogP contribution in [0.5, 0.6) is 0 Å². The van der Waals surface area contributed by atoms with Crippen molar-refractivity contribution >= 4 is 21.4 Å². The van der Waals surface area contributed by atoms with Gasteiger partial charge in [-0.15, -0.1) is 11.3 Å². The van der Waals surface area contributed by atoms with Crippen LogP contribution in [-0.2, 0) is 29.6 Å². The summed E-state index contributed by atoms with van der Waals surface area (Å²) in [4.78, 5) is 0.910. The van der Waals surface area contributed by atoms with Gasteiger partial charge in [-0.2, -0.15) is 0 Å². The fraction of sp³-hybridized carbons (Fsp3) is 0.286. The summed E-state index contributed by atoms with van der Waals surface area (Å²) < 4.78 is 40.2. The van der Waals surface area contributed by atoms with Gasteiger partial charge in [0, 0.05) is 17.0 Å². The lowest BCUT2D eigenvalue weighted by Gasteiger charge is -2.08. The number of thiophene rings is 1. The van der Waals surface area contributed by atoms with Crippen LogP contribution in [0.1, 0.15) is 22.9 Å². The van der Waals surface area contributed by atoms with E-state index in [-0.39, 0.29) is 17.0 Å². The van der Waals surface area contributed by atoms with Crippen LogP contribution in [0, 0.1) is 5.82 Å². The first kappa shape index (κ1) is 16.1. The molecule has 0 saturated carbocycles. The van der Waals surface area contributed by atoms with Gasteiger partial charge in [0.05, 0.1) is 11.5 Å². The Morgan fingerprint density at radius 3 is 2.71 bits per heavy atom. The third-order valence-corrected chi connectivity index (χ3v) is 5.50. The van der Waals surface area contributed by atoms with Crippen molar-refractivity contribution in [3.63, 3.8) is 0 Å². The first-order valence-electron chi connectivity index (χ1n) is 6.42. The SMILES string of the molecule is CCc1ccsc1CNS(=O)(=O)c1ccc(F)c(CO)c1. The Morgan fingerprint density at radius 1 is 1.29 bits per heavy atom. The molecule has 0 unspecified atom stereocenters. The number of hydrogen-bond acceptors (Lipinski definition) is 4. The molecule has 7 heteroatoms. The standard InChI is InChI=1S/C14H16FNO3S2/c1-2-10-5-6-20-14(10)8-16-21(18,19)12-3-4-13(15)11(7-12)9-17/h3-7,16-17H,2,8-9H2,1H3. The van der Waals surface area contributed by atoms with Crippen LogP contribution >= 0.6 is 11.3 Å². The second kappa shape index (κ2) is 6.65. The van der Waals surface area contributed by atoms with E-state index < -0.39 is 22.4 Å². The fourth-order valence-corrected chi connectivity index (χ4v) is 3.97. The van der Waals surface area contributed by atoms with Crippen LogP contribution in [-0.4, -0.2) is 13.5 Å². The highest BCUT2D eigenvalue weighted by molar-refractivity contribution is 7.89. The molecule has 0 spiro atoms. The van der Waals surface area contributed by atoms with E-state index in [0.717, 1.165) is 29.0 Å². The topological polar surface area (TPSA) is 66.4 Å². The van der Waals surface area contributed by atoms with E-state index >= 15 is 0 Å². The van der Waals surface area contributed by atoms with Crippen molar-refractivity contribution in [1.82, 2.24) is 4.72 Å². The lowest BCUT2D eigenvalue weighted by molar-refractivity contribution is 0.275. The summed E-state index contributed by atoms with van der Waals surface area (Å²) in [5, 5.41) is 10.9. The molecule has 0 amide bonds. The maximum atomic E-state index is 13.3. The Morgan fingerprint density at radius 2 is 2.05 bits per heavy atom. The van der Waals surface area contributed by atoms with Crippen molar-refractivity contribution < 1.29 is 17.9 Å². The van der Waals surface area contributed by atoms with E-state index in [9.17, 15) is 12.8 Å². The molecule has 0 aliphatic heterocycles. The number of halogens is 1. The first-order chi connectivity index (χ1) is 9.97. The molecule has 0 aliphatic carbocycles. The van der Waals surface area contributed by atoms with E-state index in [1.807, 2.05) is 18.4 Å². The summed E-state index contributed by atoms with van der Waals surface area (Å²) in [5.41, 5.74) is 1.07. The van der Waals surface area contributed by atoms with Gasteiger partial charge in [-0.3, -0.25) is 0 Å². The molecule has 2 rings (SSSR count). The van der Waals surface area contributed by atoms with E-state index in [4.69, 9.17) is 5.11 Å². The average molecular weight is 329 g/mol. The smallest absolute Gasteiger partial charge is 0.240 e. The monoisotopic (exact) mass is 329 g/mol. The molecule has 2 N–H and O–H groups in total. The van der Waals surface area contributed by atoms with Gasteiger partial charge in [0.1, 0.15) is 5.82 Å². The molecule has 21 heavy (non-hydrogen) atoms. The van der Waals surface area contributed by atoms with Crippen molar-refractivity contribution in [2.24, 2.45) is 0 Å². The van der Waals surface area contributed by atoms with Crippen LogP contribution in [0.15, 0.2) is 34.5 Å². The van der Waals surface area contributed by atoms with Gasteiger partial charge in [0.2, 0.25) is 10.0 Å². The Labute approximate surface area is 127 Å². The molecule has 4 nitrogen and oxygen atoms in total. The summed E-state index contributed by atoms with van der Waals surface area (Å²) >= 11 is 1.49. The largest absolute Gasteiger partial charge is 0.392 e. The van der Waals surface area contributed by atoms with E-state index in [0.29, 0.717) is 0 Å². The van der Waals surface area contributed by atoms with Gasteiger partial charge in [-0.1, -0.05) is 6.92 Å². The third kappa shape index (κ3) is 3.68. The van der Waals surface area contributed by atoms with E-state index in [1.165, 1.54) is 17.4 Å². The lowest BCUT2D eigenvalue weighted by atomic mass is 10.2. The zero-order valence-electron chi connectivity index (χ0n) is 11.5. The molecule has 0 aliphatic rings. The Hall–Kier alpha value is -1.28. The van der Waals surface area contributed by atoms with Crippen molar-refractivity contribution in [3.8, 4) is 0 Å². The first-order valence-corrected chi connectivity index (χ1v) is 8.78. The molecule has 0 atom stereocenters. The Kier molecular flexibility index (Phi) is 5.10. The predicted molar refractivity (Wildman–Crippen MR) is 80.0 cm³/mol. The van der Waals surface area contributed by atoms with Crippen LogP contribution in [0.4, 0.5) is 4.39 Å². The molecule has 0 fully saturated rings. The van der Waals surface area contributed by atoms with E-state index in [1.54, 1.807) is 0 Å². The summed E-state index contributed by atoms with van der Waals surface area (Å²) in [6.07, 6.45) is 0.839. The fourth-order valence-electron chi connectivity index (χ4n) is 1.92.